The lowest BCUT2D eigenvalue weighted by Crippen LogP contribution is -2.21. The molecule has 0 aliphatic heterocycles. The summed E-state index contributed by atoms with van der Waals surface area (Å²) in [5.41, 5.74) is 2.81. The Morgan fingerprint density at radius 3 is 2.58 bits per heavy atom. The molecule has 0 N–H and O–H groups in total. The molecular weight excluding hydrogens is 333 g/mol. The van der Waals surface area contributed by atoms with Crippen LogP contribution < -0.4 is 0 Å². The fourth-order valence-corrected chi connectivity index (χ4v) is 4.42. The summed E-state index contributed by atoms with van der Waals surface area (Å²) in [4.78, 5) is 0. The van der Waals surface area contributed by atoms with E-state index in [0.29, 0.717) is 18.3 Å². The van der Waals surface area contributed by atoms with Gasteiger partial charge >= 0.3 is 6.18 Å². The fraction of sp³-hybridized carbons (Fsp3) is 0.304. The lowest BCUT2D eigenvalue weighted by molar-refractivity contribution is -0.137. The van der Waals surface area contributed by atoms with E-state index in [4.69, 9.17) is 0 Å². The third kappa shape index (κ3) is 3.35. The maximum Gasteiger partial charge on any atom is 0.416 e. The normalized spacial score (nSPS) is 24.7. The predicted octanol–water partition coefficient (Wildman–Crippen LogP) is 6.34. The van der Waals surface area contributed by atoms with Gasteiger partial charge in [0.25, 0.3) is 0 Å². The Morgan fingerprint density at radius 2 is 1.73 bits per heavy atom. The highest BCUT2D eigenvalue weighted by molar-refractivity contribution is 5.38. The average Bonchev–Trinajstić information content (AvgIpc) is 2.79. The van der Waals surface area contributed by atoms with Gasteiger partial charge in [0.1, 0.15) is 0 Å². The number of alkyl halides is 3. The van der Waals surface area contributed by atoms with Gasteiger partial charge in [0, 0.05) is 0 Å². The van der Waals surface area contributed by atoms with Crippen molar-refractivity contribution in [3.05, 3.63) is 95.1 Å². The molecule has 3 unspecified atom stereocenters. The smallest absolute Gasteiger partial charge is 0.166 e. The van der Waals surface area contributed by atoms with Crippen molar-refractivity contribution in [3.8, 4) is 0 Å². The fourth-order valence-electron chi connectivity index (χ4n) is 4.42. The van der Waals surface area contributed by atoms with Crippen LogP contribution in [-0.2, 0) is 19.0 Å². The molecule has 0 bridgehead atoms. The van der Waals surface area contributed by atoms with Crippen LogP contribution in [0.3, 0.4) is 0 Å². The molecule has 0 amide bonds. The highest BCUT2D eigenvalue weighted by Gasteiger charge is 2.34. The van der Waals surface area contributed by atoms with Gasteiger partial charge in [-0.1, -0.05) is 66.8 Å². The number of hydrogen-bond acceptors (Lipinski definition) is 0. The van der Waals surface area contributed by atoms with Crippen molar-refractivity contribution in [1.29, 1.82) is 0 Å². The summed E-state index contributed by atoms with van der Waals surface area (Å²) in [6.07, 6.45) is 7.11. The Balaban J connectivity index is 1.73. The first-order valence-electron chi connectivity index (χ1n) is 9.11. The first kappa shape index (κ1) is 17.1. The monoisotopic (exact) mass is 354 g/mol. The van der Waals surface area contributed by atoms with Crippen LogP contribution in [0.25, 0.3) is 0 Å². The second-order valence-electron chi connectivity index (χ2n) is 7.26. The van der Waals surface area contributed by atoms with Crippen LogP contribution >= 0.6 is 0 Å². The minimum Gasteiger partial charge on any atom is -0.166 e. The van der Waals surface area contributed by atoms with Gasteiger partial charge in [0.05, 0.1) is 5.56 Å². The van der Waals surface area contributed by atoms with Crippen molar-refractivity contribution in [2.24, 2.45) is 11.8 Å². The summed E-state index contributed by atoms with van der Waals surface area (Å²) in [5.74, 6) is 0.977. The third-order valence-corrected chi connectivity index (χ3v) is 5.67. The number of halogens is 3. The molecule has 2 aliphatic carbocycles. The second kappa shape index (κ2) is 6.79. The molecule has 2 aromatic carbocycles. The van der Waals surface area contributed by atoms with Crippen LogP contribution in [0, 0.1) is 11.8 Å². The zero-order valence-corrected chi connectivity index (χ0v) is 14.4. The summed E-state index contributed by atoms with van der Waals surface area (Å²) in [6, 6.07) is 14.2. The van der Waals surface area contributed by atoms with E-state index in [1.54, 1.807) is 0 Å². The Kier molecular flexibility index (Phi) is 4.47. The third-order valence-electron chi connectivity index (χ3n) is 5.67. The van der Waals surface area contributed by atoms with Crippen LogP contribution in [0.5, 0.6) is 0 Å². The second-order valence-corrected chi connectivity index (χ2v) is 7.26. The van der Waals surface area contributed by atoms with Crippen LogP contribution in [0.15, 0.2) is 72.8 Å². The van der Waals surface area contributed by atoms with Crippen LogP contribution in [-0.4, -0.2) is 0 Å². The van der Waals surface area contributed by atoms with E-state index in [1.165, 1.54) is 23.3 Å². The number of fused-ring (bicyclic) bond motifs is 2. The minimum atomic E-state index is -4.30. The van der Waals surface area contributed by atoms with Gasteiger partial charge in [0.2, 0.25) is 0 Å². The zero-order chi connectivity index (χ0) is 18.1. The molecule has 3 heteroatoms. The van der Waals surface area contributed by atoms with Gasteiger partial charge in [-0.05, 0) is 59.8 Å². The van der Waals surface area contributed by atoms with Crippen molar-refractivity contribution >= 4 is 0 Å². The van der Waals surface area contributed by atoms with Crippen LogP contribution in [0.4, 0.5) is 13.2 Å². The number of hydrogen-bond donors (Lipinski definition) is 0. The Labute approximate surface area is 152 Å². The zero-order valence-electron chi connectivity index (χ0n) is 14.4. The molecule has 3 atom stereocenters. The number of allylic oxidation sites excluding steroid dienone is 4. The highest BCUT2D eigenvalue weighted by Crippen LogP contribution is 2.43. The molecule has 0 nitrogen and oxygen atoms in total. The molecule has 0 spiro atoms. The standard InChI is InChI=1S/C23H21F3/c24-23(25,26)19-9-5-6-16(14-19)15-22-20-10-3-1-7-17(20)12-13-18-8-2-4-11-21(18)22/h1-11,14,17,20,22H,12-13,15H2. The summed E-state index contributed by atoms with van der Waals surface area (Å²) in [5, 5.41) is 0. The quantitative estimate of drug-likeness (QED) is 0.590. The van der Waals surface area contributed by atoms with Crippen molar-refractivity contribution < 1.29 is 13.2 Å². The Morgan fingerprint density at radius 1 is 0.923 bits per heavy atom. The van der Waals surface area contributed by atoms with Gasteiger partial charge in [-0.2, -0.15) is 13.2 Å². The predicted molar refractivity (Wildman–Crippen MR) is 97.9 cm³/mol. The SMILES string of the molecule is FC(F)(F)c1cccc(CC2c3ccccc3CCC3C=CC=CC32)c1. The molecule has 0 radical (unpaired) electrons. The van der Waals surface area contributed by atoms with Crippen LogP contribution in [0.1, 0.15) is 34.6 Å². The first-order valence-corrected chi connectivity index (χ1v) is 9.11. The van der Waals surface area contributed by atoms with E-state index >= 15 is 0 Å². The molecule has 26 heavy (non-hydrogen) atoms. The van der Waals surface area contributed by atoms with Crippen molar-refractivity contribution in [3.63, 3.8) is 0 Å². The van der Waals surface area contributed by atoms with Crippen molar-refractivity contribution in [2.45, 2.75) is 31.4 Å². The van der Waals surface area contributed by atoms with Gasteiger partial charge in [-0.25, -0.2) is 0 Å². The van der Waals surface area contributed by atoms with E-state index in [9.17, 15) is 13.2 Å². The number of aryl methyl sites for hydroxylation is 1. The summed E-state index contributed by atoms with van der Waals surface area (Å²) >= 11 is 0. The van der Waals surface area contributed by atoms with E-state index in [-0.39, 0.29) is 5.92 Å². The van der Waals surface area contributed by atoms with E-state index in [1.807, 2.05) is 12.1 Å². The average molecular weight is 354 g/mol. The topological polar surface area (TPSA) is 0 Å². The molecule has 2 aromatic rings. The van der Waals surface area contributed by atoms with E-state index < -0.39 is 11.7 Å². The maximum absolute atomic E-state index is 13.1. The molecule has 0 heterocycles. The molecule has 4 rings (SSSR count). The largest absolute Gasteiger partial charge is 0.416 e. The molecular formula is C23H21F3. The molecule has 0 fully saturated rings. The van der Waals surface area contributed by atoms with Gasteiger partial charge < -0.3 is 0 Å². The lowest BCUT2D eigenvalue weighted by Gasteiger charge is -2.30. The van der Waals surface area contributed by atoms with Gasteiger partial charge in [-0.3, -0.25) is 0 Å². The Hall–Kier alpha value is -2.29. The molecule has 0 aromatic heterocycles. The molecule has 2 aliphatic rings. The molecule has 134 valence electrons. The van der Waals surface area contributed by atoms with E-state index in [2.05, 4.69) is 42.5 Å². The van der Waals surface area contributed by atoms with Crippen molar-refractivity contribution in [2.75, 3.05) is 0 Å². The summed E-state index contributed by atoms with van der Waals surface area (Å²) in [6.45, 7) is 0. The molecule has 0 saturated carbocycles. The van der Waals surface area contributed by atoms with E-state index in [0.717, 1.165) is 24.5 Å². The minimum absolute atomic E-state index is 0.198. The summed E-state index contributed by atoms with van der Waals surface area (Å²) in [7, 11) is 0. The van der Waals surface area contributed by atoms with Gasteiger partial charge in [-0.15, -0.1) is 0 Å². The maximum atomic E-state index is 13.1. The first-order chi connectivity index (χ1) is 12.5. The lowest BCUT2D eigenvalue weighted by atomic mass is 9.74. The Bertz CT molecular complexity index is 845. The van der Waals surface area contributed by atoms with Crippen molar-refractivity contribution in [1.82, 2.24) is 0 Å². The van der Waals surface area contributed by atoms with Gasteiger partial charge in [0.15, 0.2) is 0 Å². The van der Waals surface area contributed by atoms with Crippen LogP contribution in [0.2, 0.25) is 0 Å². The number of rotatable bonds is 2. The molecule has 0 saturated heterocycles. The summed E-state index contributed by atoms with van der Waals surface area (Å²) < 4.78 is 39.3. The highest BCUT2D eigenvalue weighted by atomic mass is 19.4. The number of benzene rings is 2.